The lowest BCUT2D eigenvalue weighted by Gasteiger charge is -2.14. The van der Waals surface area contributed by atoms with E-state index in [1.807, 2.05) is 6.92 Å². The standard InChI is InChI=1S/C13H12ClF3N2S/c1-8-12(20-7-19-8)4-5-18-11-3-2-9(14)6-10(11)13(15,16)17/h2-3,6-7,18H,4-5H2,1H3. The summed E-state index contributed by atoms with van der Waals surface area (Å²) in [7, 11) is 0. The van der Waals surface area contributed by atoms with Crippen LogP contribution in [0.1, 0.15) is 16.1 Å². The Hall–Kier alpha value is -1.27. The number of rotatable bonds is 4. The predicted octanol–water partition coefficient (Wildman–Crippen LogP) is 4.78. The second-order valence-electron chi connectivity index (χ2n) is 4.23. The molecule has 0 atom stereocenters. The maximum Gasteiger partial charge on any atom is 0.418 e. The number of nitrogens with one attached hydrogen (secondary N) is 1. The van der Waals surface area contributed by atoms with Crippen molar-refractivity contribution in [1.29, 1.82) is 0 Å². The van der Waals surface area contributed by atoms with Crippen molar-refractivity contribution < 1.29 is 13.2 Å². The molecule has 0 aliphatic heterocycles. The van der Waals surface area contributed by atoms with Crippen LogP contribution in [0.3, 0.4) is 0 Å². The van der Waals surface area contributed by atoms with Gasteiger partial charge in [0.1, 0.15) is 0 Å². The van der Waals surface area contributed by atoms with Gasteiger partial charge in [-0.25, -0.2) is 4.98 Å². The molecule has 7 heteroatoms. The van der Waals surface area contributed by atoms with Crippen molar-refractivity contribution in [3.8, 4) is 0 Å². The molecule has 0 amide bonds. The number of hydrogen-bond donors (Lipinski definition) is 1. The molecule has 20 heavy (non-hydrogen) atoms. The van der Waals surface area contributed by atoms with Crippen LogP contribution in [-0.4, -0.2) is 11.5 Å². The van der Waals surface area contributed by atoms with E-state index >= 15 is 0 Å². The Morgan fingerprint density at radius 1 is 1.35 bits per heavy atom. The molecule has 0 unspecified atom stereocenters. The number of halogens is 4. The molecule has 0 fully saturated rings. The molecule has 1 aromatic carbocycles. The van der Waals surface area contributed by atoms with Crippen LogP contribution in [0.25, 0.3) is 0 Å². The van der Waals surface area contributed by atoms with Crippen LogP contribution in [0.4, 0.5) is 18.9 Å². The van der Waals surface area contributed by atoms with Gasteiger partial charge in [0.05, 0.1) is 16.8 Å². The van der Waals surface area contributed by atoms with E-state index in [2.05, 4.69) is 10.3 Å². The lowest BCUT2D eigenvalue weighted by molar-refractivity contribution is -0.136. The van der Waals surface area contributed by atoms with E-state index in [4.69, 9.17) is 11.6 Å². The molecule has 0 bridgehead atoms. The van der Waals surface area contributed by atoms with Gasteiger partial charge in [0.25, 0.3) is 0 Å². The van der Waals surface area contributed by atoms with E-state index in [0.29, 0.717) is 13.0 Å². The van der Waals surface area contributed by atoms with Crippen LogP contribution in [0.5, 0.6) is 0 Å². The quantitative estimate of drug-likeness (QED) is 0.877. The summed E-state index contributed by atoms with van der Waals surface area (Å²) in [6, 6.07) is 3.73. The number of thiazole rings is 1. The van der Waals surface area contributed by atoms with Crippen molar-refractivity contribution in [2.45, 2.75) is 19.5 Å². The zero-order chi connectivity index (χ0) is 14.8. The Labute approximate surface area is 123 Å². The first kappa shape index (κ1) is 15.1. The third-order valence-electron chi connectivity index (χ3n) is 2.80. The summed E-state index contributed by atoms with van der Waals surface area (Å²) in [5, 5.41) is 2.88. The lowest BCUT2D eigenvalue weighted by atomic mass is 10.1. The van der Waals surface area contributed by atoms with E-state index in [0.717, 1.165) is 16.6 Å². The Kier molecular flexibility index (Phi) is 4.55. The van der Waals surface area contributed by atoms with Gasteiger partial charge in [-0.2, -0.15) is 13.2 Å². The summed E-state index contributed by atoms with van der Waals surface area (Å²) >= 11 is 7.13. The smallest absolute Gasteiger partial charge is 0.384 e. The first-order chi connectivity index (χ1) is 9.38. The van der Waals surface area contributed by atoms with Crippen LogP contribution in [0.15, 0.2) is 23.7 Å². The Balaban J connectivity index is 2.08. The number of anilines is 1. The molecule has 2 nitrogen and oxygen atoms in total. The summed E-state index contributed by atoms with van der Waals surface area (Å²) in [6.45, 7) is 2.29. The molecular weight excluding hydrogens is 309 g/mol. The van der Waals surface area contributed by atoms with Gasteiger partial charge in [0.2, 0.25) is 0 Å². The van der Waals surface area contributed by atoms with Crippen molar-refractivity contribution in [1.82, 2.24) is 4.98 Å². The molecule has 1 aromatic heterocycles. The number of nitrogens with zero attached hydrogens (tertiary/aromatic N) is 1. The summed E-state index contributed by atoms with van der Waals surface area (Å²) < 4.78 is 38.7. The molecule has 2 rings (SSSR count). The normalized spacial score (nSPS) is 11.7. The highest BCUT2D eigenvalue weighted by molar-refractivity contribution is 7.09. The van der Waals surface area contributed by atoms with Crippen molar-refractivity contribution in [2.24, 2.45) is 0 Å². The third-order valence-corrected chi connectivity index (χ3v) is 4.03. The number of benzene rings is 1. The number of alkyl halides is 3. The number of aromatic nitrogens is 1. The van der Waals surface area contributed by atoms with Crippen molar-refractivity contribution in [3.63, 3.8) is 0 Å². The van der Waals surface area contributed by atoms with Crippen LogP contribution in [0, 0.1) is 6.92 Å². The molecule has 0 saturated heterocycles. The highest BCUT2D eigenvalue weighted by atomic mass is 35.5. The maximum absolute atomic E-state index is 12.9. The highest BCUT2D eigenvalue weighted by Gasteiger charge is 2.33. The fourth-order valence-electron chi connectivity index (χ4n) is 1.78. The molecule has 0 saturated carbocycles. The van der Waals surface area contributed by atoms with Crippen molar-refractivity contribution >= 4 is 28.6 Å². The van der Waals surface area contributed by atoms with Gasteiger partial charge >= 0.3 is 6.18 Å². The average molecular weight is 321 g/mol. The lowest BCUT2D eigenvalue weighted by Crippen LogP contribution is -2.12. The molecule has 108 valence electrons. The van der Waals surface area contributed by atoms with E-state index in [1.165, 1.54) is 23.5 Å². The number of hydrogen-bond acceptors (Lipinski definition) is 3. The topological polar surface area (TPSA) is 24.9 Å². The fraction of sp³-hybridized carbons (Fsp3) is 0.308. The predicted molar refractivity (Wildman–Crippen MR) is 75.5 cm³/mol. The second-order valence-corrected chi connectivity index (χ2v) is 5.60. The largest absolute Gasteiger partial charge is 0.418 e. The van der Waals surface area contributed by atoms with E-state index in [9.17, 15) is 13.2 Å². The van der Waals surface area contributed by atoms with E-state index < -0.39 is 11.7 Å². The van der Waals surface area contributed by atoms with Crippen molar-refractivity contribution in [2.75, 3.05) is 11.9 Å². The SMILES string of the molecule is Cc1ncsc1CCNc1ccc(Cl)cc1C(F)(F)F. The Bertz CT molecular complexity index is 596. The molecule has 2 aromatic rings. The molecule has 1 heterocycles. The van der Waals surface area contributed by atoms with Crippen LogP contribution >= 0.6 is 22.9 Å². The molecule has 0 spiro atoms. The molecule has 0 radical (unpaired) electrons. The monoisotopic (exact) mass is 320 g/mol. The summed E-state index contributed by atoms with van der Waals surface area (Å²) in [6.07, 6.45) is -3.79. The first-order valence-corrected chi connectivity index (χ1v) is 7.13. The van der Waals surface area contributed by atoms with Gasteiger partial charge in [0, 0.05) is 28.6 Å². The minimum absolute atomic E-state index is 0.0454. The zero-order valence-corrected chi connectivity index (χ0v) is 12.2. The molecule has 0 aliphatic carbocycles. The van der Waals surface area contributed by atoms with Gasteiger partial charge in [-0.1, -0.05) is 11.6 Å². The summed E-state index contributed by atoms with van der Waals surface area (Å²) in [5.41, 5.74) is 1.95. The number of aryl methyl sites for hydroxylation is 1. The zero-order valence-electron chi connectivity index (χ0n) is 10.6. The Morgan fingerprint density at radius 2 is 2.10 bits per heavy atom. The summed E-state index contributed by atoms with van der Waals surface area (Å²) in [4.78, 5) is 5.17. The highest BCUT2D eigenvalue weighted by Crippen LogP contribution is 2.36. The average Bonchev–Trinajstić information content (AvgIpc) is 2.76. The summed E-state index contributed by atoms with van der Waals surface area (Å²) in [5.74, 6) is 0. The molecule has 0 aliphatic rings. The van der Waals surface area contributed by atoms with Crippen LogP contribution in [-0.2, 0) is 12.6 Å². The van der Waals surface area contributed by atoms with Gasteiger partial charge in [-0.05, 0) is 25.1 Å². The molecule has 1 N–H and O–H groups in total. The van der Waals surface area contributed by atoms with Crippen LogP contribution < -0.4 is 5.32 Å². The fourth-order valence-corrected chi connectivity index (χ4v) is 2.74. The van der Waals surface area contributed by atoms with Gasteiger partial charge in [-0.3, -0.25) is 0 Å². The molecular formula is C13H12ClF3N2S. The Morgan fingerprint density at radius 3 is 2.70 bits per heavy atom. The van der Waals surface area contributed by atoms with Gasteiger partial charge in [-0.15, -0.1) is 11.3 Å². The van der Waals surface area contributed by atoms with E-state index in [1.54, 1.807) is 5.51 Å². The van der Waals surface area contributed by atoms with Gasteiger partial charge in [0.15, 0.2) is 0 Å². The minimum Gasteiger partial charge on any atom is -0.384 e. The second kappa shape index (κ2) is 6.01. The van der Waals surface area contributed by atoms with Gasteiger partial charge < -0.3 is 5.32 Å². The first-order valence-electron chi connectivity index (χ1n) is 5.87. The van der Waals surface area contributed by atoms with Crippen molar-refractivity contribution in [3.05, 3.63) is 44.9 Å². The maximum atomic E-state index is 12.9. The van der Waals surface area contributed by atoms with Crippen LogP contribution in [0.2, 0.25) is 5.02 Å². The third kappa shape index (κ3) is 3.64. The van der Waals surface area contributed by atoms with E-state index in [-0.39, 0.29) is 10.7 Å². The minimum atomic E-state index is -4.42.